The van der Waals surface area contributed by atoms with Crippen LogP contribution in [0, 0.1) is 13.8 Å². The van der Waals surface area contributed by atoms with Crippen molar-refractivity contribution in [1.29, 1.82) is 0 Å². The molecular weight excluding hydrogens is 378 g/mol. The van der Waals surface area contributed by atoms with Gasteiger partial charge < -0.3 is 9.80 Å². The predicted molar refractivity (Wildman–Crippen MR) is 121 cm³/mol. The molecule has 0 saturated carbocycles. The third-order valence-corrected chi connectivity index (χ3v) is 6.61. The van der Waals surface area contributed by atoms with E-state index in [9.17, 15) is 0 Å². The number of benzene rings is 1. The number of thiophene rings is 1. The molecule has 0 unspecified atom stereocenters. The Kier molecular flexibility index (Phi) is 4.64. The molecule has 1 aliphatic heterocycles. The Morgan fingerprint density at radius 2 is 1.55 bits per heavy atom. The number of pyridine rings is 1. The van der Waals surface area contributed by atoms with Crippen LogP contribution < -0.4 is 9.80 Å². The molecule has 0 N–H and O–H groups in total. The molecule has 1 aliphatic rings. The molecule has 1 saturated heterocycles. The van der Waals surface area contributed by atoms with Crippen molar-refractivity contribution in [3.05, 3.63) is 66.2 Å². The minimum Gasteiger partial charge on any atom is -0.368 e. The first kappa shape index (κ1) is 18.1. The van der Waals surface area contributed by atoms with E-state index in [1.165, 1.54) is 20.7 Å². The lowest BCUT2D eigenvalue weighted by Crippen LogP contribution is -2.47. The molecule has 29 heavy (non-hydrogen) atoms. The number of hydrogen-bond acceptors (Lipinski definition) is 6. The van der Waals surface area contributed by atoms with Crippen LogP contribution in [-0.4, -0.2) is 41.1 Å². The zero-order valence-corrected chi connectivity index (χ0v) is 17.5. The van der Waals surface area contributed by atoms with Crippen molar-refractivity contribution in [3.63, 3.8) is 0 Å². The summed E-state index contributed by atoms with van der Waals surface area (Å²) in [5.74, 6) is 1.01. The summed E-state index contributed by atoms with van der Waals surface area (Å²) in [6.07, 6.45) is 3.71. The molecule has 4 aromatic rings. The second kappa shape index (κ2) is 7.44. The van der Waals surface area contributed by atoms with Gasteiger partial charge in [0.15, 0.2) is 5.82 Å². The van der Waals surface area contributed by atoms with Gasteiger partial charge in [0, 0.05) is 49.0 Å². The first-order valence-corrected chi connectivity index (χ1v) is 10.7. The zero-order chi connectivity index (χ0) is 19.8. The van der Waals surface area contributed by atoms with E-state index in [4.69, 9.17) is 9.97 Å². The fraction of sp³-hybridized carbons (Fsp3) is 0.261. The van der Waals surface area contributed by atoms with Gasteiger partial charge in [-0.3, -0.25) is 9.97 Å². The first-order chi connectivity index (χ1) is 14.2. The van der Waals surface area contributed by atoms with Gasteiger partial charge >= 0.3 is 0 Å². The maximum Gasteiger partial charge on any atom is 0.150 e. The number of aryl methyl sites for hydroxylation is 2. The van der Waals surface area contributed by atoms with Gasteiger partial charge in [-0.25, -0.2) is 4.98 Å². The van der Waals surface area contributed by atoms with Crippen LogP contribution in [0.15, 0.2) is 54.9 Å². The van der Waals surface area contributed by atoms with Crippen molar-refractivity contribution in [1.82, 2.24) is 15.0 Å². The highest BCUT2D eigenvalue weighted by Crippen LogP contribution is 2.35. The normalized spacial score (nSPS) is 14.6. The highest BCUT2D eigenvalue weighted by molar-refractivity contribution is 7.22. The topological polar surface area (TPSA) is 45.2 Å². The van der Waals surface area contributed by atoms with Crippen LogP contribution in [0.1, 0.15) is 11.4 Å². The third-order valence-electron chi connectivity index (χ3n) is 5.49. The monoisotopic (exact) mass is 401 g/mol. The maximum atomic E-state index is 5.10. The van der Waals surface area contributed by atoms with E-state index in [1.54, 1.807) is 11.3 Å². The SMILES string of the molecule is Cc1nc(C)c(N2CCN(c3ccncc3)CC2)nc1-c1cc2ccccc2s1. The smallest absolute Gasteiger partial charge is 0.150 e. The second-order valence-corrected chi connectivity index (χ2v) is 8.48. The van der Waals surface area contributed by atoms with Crippen LogP contribution in [0.25, 0.3) is 20.7 Å². The van der Waals surface area contributed by atoms with Crippen molar-refractivity contribution in [3.8, 4) is 10.6 Å². The number of rotatable bonds is 3. The molecule has 0 aliphatic carbocycles. The van der Waals surface area contributed by atoms with Crippen LogP contribution in [0.3, 0.4) is 0 Å². The summed E-state index contributed by atoms with van der Waals surface area (Å²) in [6.45, 7) is 7.94. The fourth-order valence-electron chi connectivity index (χ4n) is 3.99. The highest BCUT2D eigenvalue weighted by Gasteiger charge is 2.22. The van der Waals surface area contributed by atoms with E-state index in [2.05, 4.69) is 71.1 Å². The van der Waals surface area contributed by atoms with Crippen LogP contribution in [0.5, 0.6) is 0 Å². The lowest BCUT2D eigenvalue weighted by molar-refractivity contribution is 0.644. The lowest BCUT2D eigenvalue weighted by Gasteiger charge is -2.37. The van der Waals surface area contributed by atoms with E-state index >= 15 is 0 Å². The van der Waals surface area contributed by atoms with Crippen molar-refractivity contribution >= 4 is 32.9 Å². The summed E-state index contributed by atoms with van der Waals surface area (Å²) in [7, 11) is 0. The standard InChI is InChI=1S/C23H23N5S/c1-16-22(21-15-18-5-3-4-6-20(18)29-21)26-23(17(2)25-16)28-13-11-27(12-14-28)19-7-9-24-10-8-19/h3-10,15H,11-14H2,1-2H3. The van der Waals surface area contributed by atoms with Crippen molar-refractivity contribution in [2.75, 3.05) is 36.0 Å². The number of anilines is 2. The number of fused-ring (bicyclic) bond motifs is 1. The van der Waals surface area contributed by atoms with Gasteiger partial charge in [0.2, 0.25) is 0 Å². The van der Waals surface area contributed by atoms with Gasteiger partial charge in [-0.05, 0) is 43.5 Å². The van der Waals surface area contributed by atoms with E-state index in [1.807, 2.05) is 12.4 Å². The molecule has 0 amide bonds. The minimum atomic E-state index is 0.937. The summed E-state index contributed by atoms with van der Waals surface area (Å²) in [5, 5.41) is 1.27. The molecule has 5 nitrogen and oxygen atoms in total. The third kappa shape index (κ3) is 3.44. The van der Waals surface area contributed by atoms with E-state index < -0.39 is 0 Å². The summed E-state index contributed by atoms with van der Waals surface area (Å²) in [6, 6.07) is 14.9. The van der Waals surface area contributed by atoms with Gasteiger partial charge in [0.05, 0.1) is 16.3 Å². The minimum absolute atomic E-state index is 0.937. The molecule has 6 heteroatoms. The van der Waals surface area contributed by atoms with Crippen molar-refractivity contribution in [2.45, 2.75) is 13.8 Å². The van der Waals surface area contributed by atoms with Gasteiger partial charge in [0.1, 0.15) is 5.69 Å². The Morgan fingerprint density at radius 1 is 0.828 bits per heavy atom. The second-order valence-electron chi connectivity index (χ2n) is 7.39. The van der Waals surface area contributed by atoms with Gasteiger partial charge in [-0.1, -0.05) is 18.2 Å². The van der Waals surface area contributed by atoms with Crippen molar-refractivity contribution < 1.29 is 0 Å². The van der Waals surface area contributed by atoms with Crippen LogP contribution in [0.2, 0.25) is 0 Å². The molecule has 1 fully saturated rings. The number of piperazine rings is 1. The zero-order valence-electron chi connectivity index (χ0n) is 16.7. The van der Waals surface area contributed by atoms with E-state index in [-0.39, 0.29) is 0 Å². The van der Waals surface area contributed by atoms with Crippen LogP contribution in [0.4, 0.5) is 11.5 Å². The van der Waals surface area contributed by atoms with Crippen molar-refractivity contribution in [2.24, 2.45) is 0 Å². The summed E-state index contributed by atoms with van der Waals surface area (Å²) in [4.78, 5) is 20.0. The summed E-state index contributed by atoms with van der Waals surface area (Å²) in [5.41, 5.74) is 4.23. The molecule has 0 atom stereocenters. The number of hydrogen-bond donors (Lipinski definition) is 0. The predicted octanol–water partition coefficient (Wildman–Crippen LogP) is 4.70. The lowest BCUT2D eigenvalue weighted by atomic mass is 10.2. The molecule has 0 bridgehead atoms. The molecule has 3 aromatic heterocycles. The number of aromatic nitrogens is 3. The summed E-state index contributed by atoms with van der Waals surface area (Å²) < 4.78 is 1.29. The van der Waals surface area contributed by atoms with Gasteiger partial charge in [-0.2, -0.15) is 0 Å². The molecule has 4 heterocycles. The van der Waals surface area contributed by atoms with Crippen LogP contribution in [-0.2, 0) is 0 Å². The average molecular weight is 402 g/mol. The molecular formula is C23H23N5S. The fourth-order valence-corrected chi connectivity index (χ4v) is 5.09. The Labute approximate surface area is 174 Å². The first-order valence-electron chi connectivity index (χ1n) is 9.93. The Hall–Kier alpha value is -2.99. The molecule has 0 spiro atoms. The van der Waals surface area contributed by atoms with E-state index in [0.717, 1.165) is 49.1 Å². The molecule has 1 aromatic carbocycles. The molecule has 5 rings (SSSR count). The summed E-state index contributed by atoms with van der Waals surface area (Å²) >= 11 is 1.79. The van der Waals surface area contributed by atoms with E-state index in [0.29, 0.717) is 0 Å². The molecule has 0 radical (unpaired) electrons. The van der Waals surface area contributed by atoms with Gasteiger partial charge in [-0.15, -0.1) is 11.3 Å². The maximum absolute atomic E-state index is 5.10. The average Bonchev–Trinajstić information content (AvgIpc) is 3.18. The highest BCUT2D eigenvalue weighted by atomic mass is 32.1. The number of nitrogens with zero attached hydrogens (tertiary/aromatic N) is 5. The Morgan fingerprint density at radius 3 is 2.31 bits per heavy atom. The largest absolute Gasteiger partial charge is 0.368 e. The Balaban J connectivity index is 1.43. The molecule has 146 valence electrons. The van der Waals surface area contributed by atoms with Gasteiger partial charge in [0.25, 0.3) is 0 Å². The quantitative estimate of drug-likeness (QED) is 0.498. The van der Waals surface area contributed by atoms with Crippen LogP contribution >= 0.6 is 11.3 Å². The Bertz CT molecular complexity index is 1110.